The summed E-state index contributed by atoms with van der Waals surface area (Å²) in [6.07, 6.45) is -2.45. The predicted molar refractivity (Wildman–Crippen MR) is 87.7 cm³/mol. The first kappa shape index (κ1) is 20.2. The zero-order valence-electron chi connectivity index (χ0n) is 13.4. The monoisotopic (exact) mass is 373 g/mol. The number of amides is 1. The number of hydrogen-bond acceptors (Lipinski definition) is 5. The maximum Gasteiger partial charge on any atom is 0.272 e. The Bertz CT molecular complexity index is 435. The van der Waals surface area contributed by atoms with E-state index >= 15 is 0 Å². The van der Waals surface area contributed by atoms with Gasteiger partial charge in [0.05, 0.1) is 18.1 Å². The quantitative estimate of drug-likeness (QED) is 0.332. The topological polar surface area (TPSA) is 99.0 Å². The number of aliphatic hydroxyl groups excluding tert-OH is 2. The summed E-state index contributed by atoms with van der Waals surface area (Å²) in [5, 5.41) is 32.1. The molecule has 0 aromatic rings. The molecule has 1 unspecified atom stereocenters. The van der Waals surface area contributed by atoms with E-state index in [-0.39, 0.29) is 5.54 Å². The Morgan fingerprint density at radius 2 is 1.95 bits per heavy atom. The molecule has 9 heteroatoms. The van der Waals surface area contributed by atoms with Crippen molar-refractivity contribution in [2.75, 3.05) is 6.61 Å². The van der Waals surface area contributed by atoms with E-state index in [0.717, 1.165) is 0 Å². The van der Waals surface area contributed by atoms with E-state index in [1.165, 1.54) is 6.92 Å². The van der Waals surface area contributed by atoms with E-state index in [0.29, 0.717) is 0 Å². The third kappa shape index (κ3) is 3.31. The molecular weight excluding hydrogens is 349 g/mol. The molecular formula is C13H25Cl2NO5Si. The Balaban J connectivity index is 3.41. The molecule has 1 amide bonds. The van der Waals surface area contributed by atoms with Gasteiger partial charge >= 0.3 is 0 Å². The van der Waals surface area contributed by atoms with Crippen molar-refractivity contribution in [3.63, 3.8) is 0 Å². The van der Waals surface area contributed by atoms with Gasteiger partial charge in [-0.1, -0.05) is 26.6 Å². The molecule has 1 saturated heterocycles. The van der Waals surface area contributed by atoms with Crippen LogP contribution in [0.25, 0.3) is 0 Å². The number of carbonyl (C=O) groups is 1. The zero-order chi connectivity index (χ0) is 17.5. The van der Waals surface area contributed by atoms with Gasteiger partial charge in [0.25, 0.3) is 5.91 Å². The zero-order valence-corrected chi connectivity index (χ0v) is 15.9. The molecule has 130 valence electrons. The van der Waals surface area contributed by atoms with Gasteiger partial charge in [0, 0.05) is 15.0 Å². The van der Waals surface area contributed by atoms with E-state index in [9.17, 15) is 20.1 Å². The van der Waals surface area contributed by atoms with Crippen molar-refractivity contribution in [1.29, 1.82) is 0 Å². The summed E-state index contributed by atoms with van der Waals surface area (Å²) in [7, 11) is -1.97. The number of aliphatic hydroxyl groups is 3. The maximum atomic E-state index is 11.5. The third-order valence-corrected chi connectivity index (χ3v) is 8.95. The lowest BCUT2D eigenvalue weighted by Gasteiger charge is -2.56. The second-order valence-corrected chi connectivity index (χ2v) is 13.6. The molecule has 1 aliphatic heterocycles. The summed E-state index contributed by atoms with van der Waals surface area (Å²) in [5.74, 6) is -2.91. The van der Waals surface area contributed by atoms with Gasteiger partial charge < -0.3 is 25.4 Å². The molecule has 1 fully saturated rings. The summed E-state index contributed by atoms with van der Waals surface area (Å²) in [6.45, 7) is 8.52. The van der Waals surface area contributed by atoms with Crippen molar-refractivity contribution < 1.29 is 24.9 Å². The first-order chi connectivity index (χ1) is 9.81. The standard InChI is InChI=1S/C13H25Cl2NO5Si/c1-7(22(3,4)5)12(15)11(19)10(14)9(6-17)21-13(12,20)16-8(2)18/h7,9-11,17,19-20H,6H2,1-5H3,(H,16,18)/t7?,9-,10-,11+,12+,13+/m1/s1. The van der Waals surface area contributed by atoms with Gasteiger partial charge in [-0.3, -0.25) is 4.79 Å². The van der Waals surface area contributed by atoms with E-state index in [1.807, 2.05) is 19.6 Å². The average molecular weight is 374 g/mol. The van der Waals surface area contributed by atoms with Gasteiger partial charge in [-0.25, -0.2) is 0 Å². The van der Waals surface area contributed by atoms with Gasteiger partial charge in [0.2, 0.25) is 5.91 Å². The highest BCUT2D eigenvalue weighted by molar-refractivity contribution is 6.78. The molecule has 6 nitrogen and oxygen atoms in total. The second kappa shape index (κ2) is 6.55. The van der Waals surface area contributed by atoms with Crippen LogP contribution in [0.3, 0.4) is 0 Å². The van der Waals surface area contributed by atoms with Crippen molar-refractivity contribution in [2.24, 2.45) is 0 Å². The Kier molecular flexibility index (Phi) is 6.00. The van der Waals surface area contributed by atoms with E-state index in [2.05, 4.69) is 5.32 Å². The van der Waals surface area contributed by atoms with Crippen molar-refractivity contribution in [2.45, 2.75) is 67.4 Å². The van der Waals surface area contributed by atoms with Crippen LogP contribution in [0.15, 0.2) is 0 Å². The van der Waals surface area contributed by atoms with Gasteiger partial charge in [0.1, 0.15) is 11.0 Å². The molecule has 0 aromatic carbocycles. The highest BCUT2D eigenvalue weighted by atomic mass is 35.5. The minimum atomic E-state index is -2.34. The van der Waals surface area contributed by atoms with Crippen molar-refractivity contribution >= 4 is 37.2 Å². The number of halogens is 2. The fraction of sp³-hybridized carbons (Fsp3) is 0.923. The highest BCUT2D eigenvalue weighted by Gasteiger charge is 2.67. The molecule has 0 aliphatic carbocycles. The van der Waals surface area contributed by atoms with Crippen LogP contribution < -0.4 is 5.32 Å². The summed E-state index contributed by atoms with van der Waals surface area (Å²) in [6, 6.07) is 0. The van der Waals surface area contributed by atoms with Crippen molar-refractivity contribution in [3.8, 4) is 0 Å². The Labute approximate surface area is 141 Å². The summed E-state index contributed by atoms with van der Waals surface area (Å²) in [5.41, 5.74) is -0.366. The minimum Gasteiger partial charge on any atom is -0.394 e. The number of alkyl halides is 2. The number of nitrogens with one attached hydrogen (secondary N) is 1. The van der Waals surface area contributed by atoms with Gasteiger partial charge in [-0.2, -0.15) is 0 Å². The Morgan fingerprint density at radius 3 is 2.32 bits per heavy atom. The SMILES string of the molecule is CC(=O)N[C@@]1(O)O[C@H](CO)[C@@H](Cl)[C@H](O)[C@@]1(Cl)C(C)[Si](C)(C)C. The molecule has 1 rings (SSSR count). The minimum absolute atomic E-state index is 0.366. The number of hydrogen-bond donors (Lipinski definition) is 4. The Hall–Kier alpha value is 0.107. The van der Waals surface area contributed by atoms with E-state index in [4.69, 9.17) is 27.9 Å². The first-order valence-electron chi connectivity index (χ1n) is 7.12. The molecule has 4 N–H and O–H groups in total. The van der Waals surface area contributed by atoms with Crippen molar-refractivity contribution in [1.82, 2.24) is 5.32 Å². The first-order valence-corrected chi connectivity index (χ1v) is 11.5. The van der Waals surface area contributed by atoms with Crippen LogP contribution in [-0.4, -0.2) is 64.3 Å². The fourth-order valence-corrected chi connectivity index (χ4v) is 5.92. The number of rotatable bonds is 4. The van der Waals surface area contributed by atoms with Crippen LogP contribution in [-0.2, 0) is 9.53 Å². The van der Waals surface area contributed by atoms with Crippen LogP contribution in [0.1, 0.15) is 13.8 Å². The van der Waals surface area contributed by atoms with Gasteiger partial charge in [-0.05, 0) is 5.54 Å². The molecule has 6 atom stereocenters. The number of carbonyl (C=O) groups excluding carboxylic acids is 1. The summed E-state index contributed by atoms with van der Waals surface area (Å²) < 4.78 is 5.42. The van der Waals surface area contributed by atoms with E-state index < -0.39 is 49.0 Å². The van der Waals surface area contributed by atoms with Crippen LogP contribution in [0.5, 0.6) is 0 Å². The molecule has 22 heavy (non-hydrogen) atoms. The smallest absolute Gasteiger partial charge is 0.272 e. The van der Waals surface area contributed by atoms with Crippen LogP contribution in [0.2, 0.25) is 25.2 Å². The molecule has 0 radical (unpaired) electrons. The van der Waals surface area contributed by atoms with Crippen LogP contribution >= 0.6 is 23.2 Å². The van der Waals surface area contributed by atoms with Crippen LogP contribution in [0, 0.1) is 0 Å². The molecule has 0 bridgehead atoms. The average Bonchev–Trinajstić information content (AvgIpc) is 2.38. The van der Waals surface area contributed by atoms with Crippen molar-refractivity contribution in [3.05, 3.63) is 0 Å². The largest absolute Gasteiger partial charge is 0.394 e. The second-order valence-electron chi connectivity index (χ2n) is 6.91. The lowest BCUT2D eigenvalue weighted by atomic mass is 9.86. The molecule has 0 saturated carbocycles. The summed E-state index contributed by atoms with van der Waals surface area (Å²) in [4.78, 5) is 9.75. The maximum absolute atomic E-state index is 11.5. The molecule has 0 spiro atoms. The third-order valence-electron chi connectivity index (χ3n) is 4.38. The molecule has 1 aliphatic rings. The highest BCUT2D eigenvalue weighted by Crippen LogP contribution is 2.52. The fourth-order valence-electron chi connectivity index (χ4n) is 2.69. The van der Waals surface area contributed by atoms with E-state index in [1.54, 1.807) is 6.92 Å². The molecule has 0 aromatic heterocycles. The predicted octanol–water partition coefficient (Wildman–Crippen LogP) is 0.834. The number of ether oxygens (including phenoxy) is 1. The van der Waals surface area contributed by atoms with Gasteiger partial charge in [-0.15, -0.1) is 23.2 Å². The van der Waals surface area contributed by atoms with Crippen LogP contribution in [0.4, 0.5) is 0 Å². The molecule has 1 heterocycles. The normalized spacial score (nSPS) is 41.1. The lowest BCUT2D eigenvalue weighted by molar-refractivity contribution is -0.309. The Morgan fingerprint density at radius 1 is 1.45 bits per heavy atom. The lowest BCUT2D eigenvalue weighted by Crippen LogP contribution is -2.77. The summed E-state index contributed by atoms with van der Waals surface area (Å²) >= 11 is 12.8. The van der Waals surface area contributed by atoms with Gasteiger partial charge in [0.15, 0.2) is 0 Å².